The van der Waals surface area contributed by atoms with Gasteiger partial charge in [0.1, 0.15) is 0 Å². The van der Waals surface area contributed by atoms with E-state index < -0.39 is 0 Å². The van der Waals surface area contributed by atoms with Crippen molar-refractivity contribution in [1.29, 1.82) is 0 Å². The van der Waals surface area contributed by atoms with Crippen LogP contribution in [0, 0.1) is 20.8 Å². The van der Waals surface area contributed by atoms with Crippen molar-refractivity contribution < 1.29 is 0 Å². The fourth-order valence-corrected chi connectivity index (χ4v) is 2.07. The van der Waals surface area contributed by atoms with Crippen molar-refractivity contribution in [1.82, 2.24) is 4.98 Å². The minimum absolute atomic E-state index is 1.12. The van der Waals surface area contributed by atoms with Crippen LogP contribution in [0.4, 0.5) is 0 Å². The molecule has 0 saturated carbocycles. The molecule has 1 aromatic heterocycles. The molecule has 0 aliphatic carbocycles. The average Bonchev–Trinajstić information content (AvgIpc) is 2.57. The highest BCUT2D eigenvalue weighted by atomic mass is 32.1. The minimum Gasteiger partial charge on any atom is -0.244 e. The van der Waals surface area contributed by atoms with Gasteiger partial charge in [0.2, 0.25) is 0 Å². The van der Waals surface area contributed by atoms with Gasteiger partial charge in [0.25, 0.3) is 0 Å². The number of thiazole rings is 1. The lowest BCUT2D eigenvalue weighted by Crippen LogP contribution is -1.84. The van der Waals surface area contributed by atoms with E-state index in [1.165, 1.54) is 21.6 Å². The largest absolute Gasteiger partial charge is 0.244 e. The van der Waals surface area contributed by atoms with E-state index >= 15 is 0 Å². The zero-order valence-corrected chi connectivity index (χ0v) is 9.48. The van der Waals surface area contributed by atoms with E-state index in [-0.39, 0.29) is 0 Å². The Hall–Kier alpha value is -1.15. The standard InChI is InChI=1S/C12H13NS/c1-8-4-5-11(6-9(8)2)12-10(3)14-7-13-12/h4-7H,1-3H3. The van der Waals surface area contributed by atoms with Gasteiger partial charge < -0.3 is 0 Å². The molecule has 2 heteroatoms. The first kappa shape index (κ1) is 9.41. The molecule has 0 bridgehead atoms. The van der Waals surface area contributed by atoms with Crippen LogP contribution in [0.15, 0.2) is 23.7 Å². The van der Waals surface area contributed by atoms with Crippen molar-refractivity contribution in [3.63, 3.8) is 0 Å². The molecule has 1 aromatic carbocycles. The first-order valence-electron chi connectivity index (χ1n) is 4.66. The first-order valence-corrected chi connectivity index (χ1v) is 5.54. The third-order valence-corrected chi connectivity index (χ3v) is 3.28. The van der Waals surface area contributed by atoms with Gasteiger partial charge in [-0.15, -0.1) is 11.3 Å². The number of nitrogens with zero attached hydrogens (tertiary/aromatic N) is 1. The Balaban J connectivity index is 2.53. The molecular formula is C12H13NS. The summed E-state index contributed by atoms with van der Waals surface area (Å²) in [5.41, 5.74) is 6.92. The highest BCUT2D eigenvalue weighted by molar-refractivity contribution is 7.10. The minimum atomic E-state index is 1.12. The van der Waals surface area contributed by atoms with Crippen molar-refractivity contribution in [3.05, 3.63) is 39.7 Å². The molecule has 0 unspecified atom stereocenters. The highest BCUT2D eigenvalue weighted by Gasteiger charge is 2.05. The van der Waals surface area contributed by atoms with Gasteiger partial charge in [0.15, 0.2) is 0 Å². The molecule has 1 heterocycles. The number of rotatable bonds is 1. The lowest BCUT2D eigenvalue weighted by Gasteiger charge is -2.03. The Morgan fingerprint density at radius 1 is 1.07 bits per heavy atom. The molecule has 14 heavy (non-hydrogen) atoms. The second-order valence-corrected chi connectivity index (χ2v) is 4.62. The van der Waals surface area contributed by atoms with E-state index in [1.54, 1.807) is 11.3 Å². The van der Waals surface area contributed by atoms with Gasteiger partial charge in [-0.2, -0.15) is 0 Å². The number of aromatic nitrogens is 1. The molecule has 0 aliphatic rings. The van der Waals surface area contributed by atoms with E-state index in [0.717, 1.165) is 5.69 Å². The summed E-state index contributed by atoms with van der Waals surface area (Å²) in [5, 5.41) is 0. The number of hydrogen-bond acceptors (Lipinski definition) is 2. The molecule has 72 valence electrons. The lowest BCUT2D eigenvalue weighted by atomic mass is 10.0. The number of benzene rings is 1. The van der Waals surface area contributed by atoms with Crippen molar-refractivity contribution in [3.8, 4) is 11.3 Å². The number of aryl methyl sites for hydroxylation is 3. The van der Waals surface area contributed by atoms with Crippen molar-refractivity contribution in [2.24, 2.45) is 0 Å². The average molecular weight is 203 g/mol. The van der Waals surface area contributed by atoms with Gasteiger partial charge in [-0.3, -0.25) is 0 Å². The Morgan fingerprint density at radius 2 is 1.86 bits per heavy atom. The van der Waals surface area contributed by atoms with Crippen LogP contribution in [0.2, 0.25) is 0 Å². The van der Waals surface area contributed by atoms with Gasteiger partial charge in [-0.1, -0.05) is 12.1 Å². The SMILES string of the molecule is Cc1ccc(-c2ncsc2C)cc1C. The predicted octanol–water partition coefficient (Wildman–Crippen LogP) is 3.74. The summed E-state index contributed by atoms with van der Waals surface area (Å²) in [6, 6.07) is 6.51. The zero-order valence-electron chi connectivity index (χ0n) is 8.66. The summed E-state index contributed by atoms with van der Waals surface area (Å²) >= 11 is 1.70. The summed E-state index contributed by atoms with van der Waals surface area (Å²) in [6.07, 6.45) is 0. The molecule has 0 N–H and O–H groups in total. The van der Waals surface area contributed by atoms with Gasteiger partial charge in [-0.25, -0.2) is 4.98 Å². The third kappa shape index (κ3) is 1.58. The number of hydrogen-bond donors (Lipinski definition) is 0. The summed E-state index contributed by atoms with van der Waals surface area (Å²) in [7, 11) is 0. The topological polar surface area (TPSA) is 12.9 Å². The fraction of sp³-hybridized carbons (Fsp3) is 0.250. The summed E-state index contributed by atoms with van der Waals surface area (Å²) in [6.45, 7) is 6.38. The van der Waals surface area contributed by atoms with Crippen LogP contribution in [-0.2, 0) is 0 Å². The van der Waals surface area contributed by atoms with Crippen LogP contribution in [-0.4, -0.2) is 4.98 Å². The van der Waals surface area contributed by atoms with Crippen molar-refractivity contribution in [2.45, 2.75) is 20.8 Å². The monoisotopic (exact) mass is 203 g/mol. The molecular weight excluding hydrogens is 190 g/mol. The molecule has 0 saturated heterocycles. The van der Waals surface area contributed by atoms with Crippen LogP contribution in [0.3, 0.4) is 0 Å². The van der Waals surface area contributed by atoms with Crippen LogP contribution < -0.4 is 0 Å². The molecule has 0 atom stereocenters. The first-order chi connectivity index (χ1) is 6.68. The third-order valence-electron chi connectivity index (χ3n) is 2.53. The normalized spacial score (nSPS) is 10.5. The fourth-order valence-electron chi connectivity index (χ4n) is 1.47. The maximum absolute atomic E-state index is 4.38. The highest BCUT2D eigenvalue weighted by Crippen LogP contribution is 2.25. The smallest absolute Gasteiger partial charge is 0.0840 e. The van der Waals surface area contributed by atoms with Crippen LogP contribution in [0.25, 0.3) is 11.3 Å². The van der Waals surface area contributed by atoms with Gasteiger partial charge >= 0.3 is 0 Å². The van der Waals surface area contributed by atoms with Crippen molar-refractivity contribution >= 4 is 11.3 Å². The Bertz CT molecular complexity index is 457. The Morgan fingerprint density at radius 3 is 2.43 bits per heavy atom. The van der Waals surface area contributed by atoms with E-state index in [4.69, 9.17) is 0 Å². The van der Waals surface area contributed by atoms with Crippen LogP contribution >= 0.6 is 11.3 Å². The molecule has 0 fully saturated rings. The van der Waals surface area contributed by atoms with E-state index in [1.807, 2.05) is 5.51 Å². The van der Waals surface area contributed by atoms with Crippen LogP contribution in [0.5, 0.6) is 0 Å². The summed E-state index contributed by atoms with van der Waals surface area (Å²) in [4.78, 5) is 5.66. The quantitative estimate of drug-likeness (QED) is 0.688. The second-order valence-electron chi connectivity index (χ2n) is 3.56. The summed E-state index contributed by atoms with van der Waals surface area (Å²) < 4.78 is 0. The van der Waals surface area contributed by atoms with E-state index in [0.29, 0.717) is 0 Å². The molecule has 0 aliphatic heterocycles. The Labute approximate surface area is 88.4 Å². The molecule has 1 nitrogen and oxygen atoms in total. The van der Waals surface area contributed by atoms with Crippen LogP contribution in [0.1, 0.15) is 16.0 Å². The summed E-state index contributed by atoms with van der Waals surface area (Å²) in [5.74, 6) is 0. The molecule has 2 rings (SSSR count). The lowest BCUT2D eigenvalue weighted by molar-refractivity contribution is 1.31. The maximum Gasteiger partial charge on any atom is 0.0840 e. The predicted molar refractivity (Wildman–Crippen MR) is 61.8 cm³/mol. The van der Waals surface area contributed by atoms with E-state index in [2.05, 4.69) is 44.0 Å². The van der Waals surface area contributed by atoms with Crippen molar-refractivity contribution in [2.75, 3.05) is 0 Å². The van der Waals surface area contributed by atoms with Gasteiger partial charge in [0.05, 0.1) is 11.2 Å². The van der Waals surface area contributed by atoms with Gasteiger partial charge in [0, 0.05) is 10.4 Å². The second kappa shape index (κ2) is 3.54. The van der Waals surface area contributed by atoms with Gasteiger partial charge in [-0.05, 0) is 38.0 Å². The van der Waals surface area contributed by atoms with E-state index in [9.17, 15) is 0 Å². The zero-order chi connectivity index (χ0) is 10.1. The molecule has 0 radical (unpaired) electrons. The molecule has 2 aromatic rings. The maximum atomic E-state index is 4.38. The molecule has 0 amide bonds. The molecule has 0 spiro atoms. The Kier molecular flexibility index (Phi) is 2.38.